The molecule has 2 rings (SSSR count). The van der Waals surface area contributed by atoms with Gasteiger partial charge in [-0.25, -0.2) is 5.10 Å². The van der Waals surface area contributed by atoms with Crippen LogP contribution in [0.4, 0.5) is 0 Å². The van der Waals surface area contributed by atoms with E-state index in [1.165, 1.54) is 0 Å². The fourth-order valence-electron chi connectivity index (χ4n) is 2.10. The van der Waals surface area contributed by atoms with E-state index in [1.807, 2.05) is 0 Å². The predicted molar refractivity (Wildman–Crippen MR) is 85.0 cm³/mol. The van der Waals surface area contributed by atoms with Crippen LogP contribution in [0.3, 0.4) is 0 Å². The highest BCUT2D eigenvalue weighted by molar-refractivity contribution is 6.04. The molecule has 0 unspecified atom stereocenters. The van der Waals surface area contributed by atoms with E-state index in [4.69, 9.17) is 4.74 Å². The number of rotatable bonds is 8. The predicted octanol–water partition coefficient (Wildman–Crippen LogP) is 1.86. The molecule has 0 aliphatic carbocycles. The van der Waals surface area contributed by atoms with Crippen molar-refractivity contribution in [2.75, 3.05) is 19.8 Å². The average molecular weight is 303 g/mol. The van der Waals surface area contributed by atoms with Crippen molar-refractivity contribution in [3.63, 3.8) is 0 Å². The lowest BCUT2D eigenvalue weighted by atomic mass is 10.1. The molecule has 0 aliphatic heterocycles. The van der Waals surface area contributed by atoms with Gasteiger partial charge in [0.1, 0.15) is 0 Å². The van der Waals surface area contributed by atoms with Gasteiger partial charge in [0.15, 0.2) is 5.69 Å². The maximum atomic E-state index is 12.2. The van der Waals surface area contributed by atoms with Gasteiger partial charge in [-0.15, -0.1) is 0 Å². The molecule has 118 valence electrons. The molecule has 2 aromatic rings. The van der Waals surface area contributed by atoms with Crippen molar-refractivity contribution in [1.82, 2.24) is 15.5 Å². The van der Waals surface area contributed by atoms with Crippen molar-refractivity contribution in [2.24, 2.45) is 0 Å². The number of hydrogen-bond donors (Lipinski definition) is 2. The maximum absolute atomic E-state index is 12.2. The number of nitrogens with zero attached hydrogens (tertiary/aromatic N) is 1. The van der Waals surface area contributed by atoms with Crippen molar-refractivity contribution in [3.05, 3.63) is 40.3 Å². The third-order valence-corrected chi connectivity index (χ3v) is 3.30. The normalized spacial score (nSPS) is 10.8. The molecule has 1 aromatic heterocycles. The number of carbonyl (C=O) groups excluding carboxylic acids is 1. The number of carbonyl (C=O) groups is 1. The number of fused-ring (bicyclic) bond motifs is 1. The summed E-state index contributed by atoms with van der Waals surface area (Å²) in [6.45, 7) is 4.02. The molecule has 6 nitrogen and oxygen atoms in total. The first-order chi connectivity index (χ1) is 10.7. The largest absolute Gasteiger partial charge is 0.381 e. The second-order valence-corrected chi connectivity index (χ2v) is 5.02. The smallest absolute Gasteiger partial charge is 0.272 e. The van der Waals surface area contributed by atoms with E-state index in [1.54, 1.807) is 24.3 Å². The number of nitrogens with one attached hydrogen (secondary N) is 2. The van der Waals surface area contributed by atoms with Gasteiger partial charge in [0.25, 0.3) is 11.5 Å². The molecule has 0 aliphatic rings. The maximum Gasteiger partial charge on any atom is 0.272 e. The SMILES string of the molecule is CCCCOCCCNC(=O)c1n[nH]c(=O)c2ccccc12. The van der Waals surface area contributed by atoms with Crippen LogP contribution in [0.15, 0.2) is 29.1 Å². The number of unbranched alkanes of at least 4 members (excludes halogenated alkanes) is 1. The highest BCUT2D eigenvalue weighted by Crippen LogP contribution is 2.11. The number of amides is 1. The zero-order chi connectivity index (χ0) is 15.8. The Morgan fingerprint density at radius 3 is 2.73 bits per heavy atom. The van der Waals surface area contributed by atoms with E-state index in [0.29, 0.717) is 23.9 Å². The first-order valence-corrected chi connectivity index (χ1v) is 7.57. The second kappa shape index (κ2) is 8.29. The van der Waals surface area contributed by atoms with Gasteiger partial charge in [0, 0.05) is 25.1 Å². The van der Waals surface area contributed by atoms with Gasteiger partial charge in [0.2, 0.25) is 0 Å². The lowest BCUT2D eigenvalue weighted by Crippen LogP contribution is -2.28. The molecule has 1 aromatic carbocycles. The Morgan fingerprint density at radius 1 is 1.23 bits per heavy atom. The summed E-state index contributed by atoms with van der Waals surface area (Å²) in [6, 6.07) is 6.93. The van der Waals surface area contributed by atoms with Gasteiger partial charge in [-0.2, -0.15) is 5.10 Å². The first kappa shape index (κ1) is 16.2. The van der Waals surface area contributed by atoms with Crippen molar-refractivity contribution in [2.45, 2.75) is 26.2 Å². The van der Waals surface area contributed by atoms with Gasteiger partial charge in [0.05, 0.1) is 5.39 Å². The molecule has 6 heteroatoms. The van der Waals surface area contributed by atoms with E-state index >= 15 is 0 Å². The molecule has 0 radical (unpaired) electrons. The molecule has 0 saturated heterocycles. The Balaban J connectivity index is 1.91. The Kier molecular flexibility index (Phi) is 6.09. The van der Waals surface area contributed by atoms with Gasteiger partial charge >= 0.3 is 0 Å². The summed E-state index contributed by atoms with van der Waals surface area (Å²) >= 11 is 0. The Labute approximate surface area is 128 Å². The van der Waals surface area contributed by atoms with Gasteiger partial charge in [-0.1, -0.05) is 31.5 Å². The van der Waals surface area contributed by atoms with E-state index in [2.05, 4.69) is 22.4 Å². The monoisotopic (exact) mass is 303 g/mol. The molecular formula is C16H21N3O3. The van der Waals surface area contributed by atoms with Crippen LogP contribution >= 0.6 is 0 Å². The summed E-state index contributed by atoms with van der Waals surface area (Å²) in [4.78, 5) is 23.8. The molecule has 0 fully saturated rings. The van der Waals surface area contributed by atoms with E-state index in [9.17, 15) is 9.59 Å². The highest BCUT2D eigenvalue weighted by atomic mass is 16.5. The van der Waals surface area contributed by atoms with E-state index in [0.717, 1.165) is 25.9 Å². The topological polar surface area (TPSA) is 84.1 Å². The minimum Gasteiger partial charge on any atom is -0.381 e. The summed E-state index contributed by atoms with van der Waals surface area (Å²) in [5.41, 5.74) is -0.0569. The molecule has 1 heterocycles. The van der Waals surface area contributed by atoms with Gasteiger partial charge < -0.3 is 10.1 Å². The first-order valence-electron chi connectivity index (χ1n) is 7.57. The molecule has 0 atom stereocenters. The van der Waals surface area contributed by atoms with Crippen LogP contribution < -0.4 is 10.9 Å². The minimum atomic E-state index is -0.295. The summed E-state index contributed by atoms with van der Waals surface area (Å²) < 4.78 is 5.43. The fourth-order valence-corrected chi connectivity index (χ4v) is 2.10. The number of hydrogen-bond acceptors (Lipinski definition) is 4. The zero-order valence-electron chi connectivity index (χ0n) is 12.7. The Bertz CT molecular complexity index is 682. The molecule has 0 saturated carbocycles. The summed E-state index contributed by atoms with van der Waals surface area (Å²) in [5.74, 6) is -0.291. The quantitative estimate of drug-likeness (QED) is 0.729. The zero-order valence-corrected chi connectivity index (χ0v) is 12.7. The molecule has 22 heavy (non-hydrogen) atoms. The number of H-pyrrole nitrogens is 1. The van der Waals surface area contributed by atoms with Crippen molar-refractivity contribution < 1.29 is 9.53 Å². The van der Waals surface area contributed by atoms with Crippen molar-refractivity contribution in [3.8, 4) is 0 Å². The third-order valence-electron chi connectivity index (χ3n) is 3.30. The van der Waals surface area contributed by atoms with Crippen LogP contribution in [-0.2, 0) is 4.74 Å². The average Bonchev–Trinajstić information content (AvgIpc) is 2.54. The molecular weight excluding hydrogens is 282 g/mol. The Hall–Kier alpha value is -2.21. The number of benzene rings is 1. The lowest BCUT2D eigenvalue weighted by Gasteiger charge is -2.07. The van der Waals surface area contributed by atoms with Crippen LogP contribution in [0.25, 0.3) is 10.8 Å². The highest BCUT2D eigenvalue weighted by Gasteiger charge is 2.13. The minimum absolute atomic E-state index is 0.238. The molecule has 2 N–H and O–H groups in total. The van der Waals surface area contributed by atoms with Gasteiger partial charge in [-0.3, -0.25) is 9.59 Å². The van der Waals surface area contributed by atoms with Crippen molar-refractivity contribution in [1.29, 1.82) is 0 Å². The standard InChI is InChI=1S/C16H21N3O3/c1-2-3-10-22-11-6-9-17-16(21)14-12-7-4-5-8-13(12)15(20)19-18-14/h4-5,7-8H,2-3,6,9-11H2,1H3,(H,17,21)(H,19,20). The molecule has 0 spiro atoms. The summed E-state index contributed by atoms with van der Waals surface area (Å²) in [7, 11) is 0. The van der Waals surface area contributed by atoms with Crippen LogP contribution in [0, 0.1) is 0 Å². The van der Waals surface area contributed by atoms with E-state index < -0.39 is 0 Å². The van der Waals surface area contributed by atoms with Crippen LogP contribution in [-0.4, -0.2) is 35.9 Å². The molecule has 1 amide bonds. The van der Waals surface area contributed by atoms with Crippen LogP contribution in [0.2, 0.25) is 0 Å². The third kappa shape index (κ3) is 4.14. The second-order valence-electron chi connectivity index (χ2n) is 5.02. The van der Waals surface area contributed by atoms with Crippen LogP contribution in [0.5, 0.6) is 0 Å². The Morgan fingerprint density at radius 2 is 1.95 bits per heavy atom. The summed E-state index contributed by atoms with van der Waals surface area (Å²) in [5, 5.41) is 10.0. The van der Waals surface area contributed by atoms with Crippen molar-refractivity contribution >= 4 is 16.7 Å². The number of ether oxygens (including phenoxy) is 1. The number of aromatic amines is 1. The number of aromatic nitrogens is 2. The van der Waals surface area contributed by atoms with E-state index in [-0.39, 0.29) is 17.2 Å². The fraction of sp³-hybridized carbons (Fsp3) is 0.438. The summed E-state index contributed by atoms with van der Waals surface area (Å²) in [6.07, 6.45) is 2.91. The molecule has 0 bridgehead atoms. The van der Waals surface area contributed by atoms with Gasteiger partial charge in [-0.05, 0) is 18.9 Å². The lowest BCUT2D eigenvalue weighted by molar-refractivity contribution is 0.0936. The van der Waals surface area contributed by atoms with Crippen LogP contribution in [0.1, 0.15) is 36.7 Å².